The van der Waals surface area contributed by atoms with E-state index in [0.717, 1.165) is 11.6 Å². The molecule has 7 heteroatoms. The Morgan fingerprint density at radius 3 is 2.32 bits per heavy atom. The van der Waals surface area contributed by atoms with Gasteiger partial charge >= 0.3 is 6.09 Å². The standard InChI is InChI=1S/C18H15F4NO2/c19-14-10-15(20)17(22)13(16(14)21)8-4-5-9-23-18(24)25-11-12-6-2-1-3-7-12/h1-4,6-8,10H,5,9,11H2,(H,23,24). The second kappa shape index (κ2) is 8.86. The molecule has 1 amide bonds. The molecule has 2 rings (SSSR count). The zero-order valence-electron chi connectivity index (χ0n) is 13.1. The Balaban J connectivity index is 1.77. The van der Waals surface area contributed by atoms with Crippen LogP contribution in [0.1, 0.15) is 17.5 Å². The summed E-state index contributed by atoms with van der Waals surface area (Å²) < 4.78 is 57.9. The number of ether oxygens (including phenoxy) is 1. The maximum Gasteiger partial charge on any atom is 0.407 e. The van der Waals surface area contributed by atoms with Crippen LogP contribution in [0.5, 0.6) is 0 Å². The third-order valence-corrected chi connectivity index (χ3v) is 3.22. The summed E-state index contributed by atoms with van der Waals surface area (Å²) in [4.78, 5) is 11.5. The minimum absolute atomic E-state index is 0.113. The SMILES string of the molecule is O=C(NCCC=Cc1c(F)c(F)cc(F)c1F)OCc1ccccc1. The van der Waals surface area contributed by atoms with Gasteiger partial charge in [0.25, 0.3) is 0 Å². The second-order valence-electron chi connectivity index (χ2n) is 5.06. The summed E-state index contributed by atoms with van der Waals surface area (Å²) >= 11 is 0. The molecule has 0 atom stereocenters. The maximum atomic E-state index is 13.4. The molecule has 3 nitrogen and oxygen atoms in total. The topological polar surface area (TPSA) is 38.3 Å². The van der Waals surface area contributed by atoms with Crippen LogP contribution >= 0.6 is 0 Å². The molecule has 0 aliphatic carbocycles. The highest BCUT2D eigenvalue weighted by molar-refractivity contribution is 5.67. The summed E-state index contributed by atoms with van der Waals surface area (Å²) in [7, 11) is 0. The van der Waals surface area contributed by atoms with Crippen molar-refractivity contribution in [2.75, 3.05) is 6.54 Å². The lowest BCUT2D eigenvalue weighted by atomic mass is 10.1. The Labute approximate surface area is 141 Å². The first kappa shape index (κ1) is 18.5. The number of hydrogen-bond acceptors (Lipinski definition) is 2. The number of rotatable bonds is 6. The van der Waals surface area contributed by atoms with E-state index >= 15 is 0 Å². The van der Waals surface area contributed by atoms with Crippen LogP contribution in [0.2, 0.25) is 0 Å². The van der Waals surface area contributed by atoms with E-state index in [9.17, 15) is 22.4 Å². The fourth-order valence-corrected chi connectivity index (χ4v) is 1.97. The molecule has 0 unspecified atom stereocenters. The van der Waals surface area contributed by atoms with E-state index in [-0.39, 0.29) is 25.6 Å². The summed E-state index contributed by atoms with van der Waals surface area (Å²) in [5.74, 6) is -5.88. The summed E-state index contributed by atoms with van der Waals surface area (Å²) in [6, 6.07) is 9.22. The lowest BCUT2D eigenvalue weighted by molar-refractivity contribution is 0.140. The van der Waals surface area contributed by atoms with Crippen molar-refractivity contribution in [2.45, 2.75) is 13.0 Å². The highest BCUT2D eigenvalue weighted by Gasteiger charge is 2.16. The van der Waals surface area contributed by atoms with Gasteiger partial charge in [-0.15, -0.1) is 0 Å². The number of carbonyl (C=O) groups excluding carboxylic acids is 1. The van der Waals surface area contributed by atoms with Crippen LogP contribution in [0.15, 0.2) is 42.5 Å². The molecule has 132 valence electrons. The number of hydrogen-bond donors (Lipinski definition) is 1. The minimum atomic E-state index is -1.47. The van der Waals surface area contributed by atoms with E-state index in [4.69, 9.17) is 4.74 Å². The molecule has 0 bridgehead atoms. The quantitative estimate of drug-likeness (QED) is 0.469. The molecule has 0 radical (unpaired) electrons. The van der Waals surface area contributed by atoms with E-state index in [1.807, 2.05) is 18.2 Å². The number of amides is 1. The third kappa shape index (κ3) is 5.34. The fraction of sp³-hybridized carbons (Fsp3) is 0.167. The van der Waals surface area contributed by atoms with E-state index in [2.05, 4.69) is 5.32 Å². The number of benzene rings is 2. The molecule has 0 saturated carbocycles. The normalized spacial score (nSPS) is 10.9. The van der Waals surface area contributed by atoms with E-state index in [1.54, 1.807) is 12.1 Å². The van der Waals surface area contributed by atoms with Crippen molar-refractivity contribution in [3.05, 3.63) is 76.9 Å². The average molecular weight is 353 g/mol. The van der Waals surface area contributed by atoms with Gasteiger partial charge in [-0.05, 0) is 12.0 Å². The van der Waals surface area contributed by atoms with Crippen LogP contribution in [0.4, 0.5) is 22.4 Å². The van der Waals surface area contributed by atoms with Gasteiger partial charge < -0.3 is 10.1 Å². The number of halogens is 4. The summed E-state index contributed by atoms with van der Waals surface area (Å²) in [6.45, 7) is 0.243. The van der Waals surface area contributed by atoms with Gasteiger partial charge in [0.15, 0.2) is 23.3 Å². The van der Waals surface area contributed by atoms with Gasteiger partial charge in [-0.3, -0.25) is 0 Å². The lowest BCUT2D eigenvalue weighted by Gasteiger charge is -2.06. The number of nitrogens with one attached hydrogen (secondary N) is 1. The van der Waals surface area contributed by atoms with Crippen molar-refractivity contribution in [1.29, 1.82) is 0 Å². The van der Waals surface area contributed by atoms with Gasteiger partial charge in [-0.2, -0.15) is 0 Å². The highest BCUT2D eigenvalue weighted by atomic mass is 19.2. The van der Waals surface area contributed by atoms with Gasteiger partial charge in [-0.25, -0.2) is 22.4 Å². The Bertz CT molecular complexity index is 737. The van der Waals surface area contributed by atoms with E-state index in [1.165, 1.54) is 6.08 Å². The first-order chi connectivity index (χ1) is 12.0. The summed E-state index contributed by atoms with van der Waals surface area (Å²) in [5, 5.41) is 2.44. The zero-order chi connectivity index (χ0) is 18.2. The Kier molecular flexibility index (Phi) is 6.56. The van der Waals surface area contributed by atoms with Crippen LogP contribution in [0.25, 0.3) is 6.08 Å². The van der Waals surface area contributed by atoms with Crippen molar-refractivity contribution in [2.24, 2.45) is 0 Å². The van der Waals surface area contributed by atoms with Crippen LogP contribution in [-0.2, 0) is 11.3 Å². The molecule has 0 fully saturated rings. The van der Waals surface area contributed by atoms with Crippen molar-refractivity contribution >= 4 is 12.2 Å². The molecule has 1 N–H and O–H groups in total. The minimum Gasteiger partial charge on any atom is -0.445 e. The van der Waals surface area contributed by atoms with Gasteiger partial charge in [0.1, 0.15) is 6.61 Å². The third-order valence-electron chi connectivity index (χ3n) is 3.22. The zero-order valence-corrected chi connectivity index (χ0v) is 13.1. The number of alkyl carbamates (subject to hydrolysis) is 1. The Morgan fingerprint density at radius 2 is 1.68 bits per heavy atom. The smallest absolute Gasteiger partial charge is 0.407 e. The van der Waals surface area contributed by atoms with Gasteiger partial charge in [0.05, 0.1) is 5.56 Å². The maximum absolute atomic E-state index is 13.4. The molecular formula is C18H15F4NO2. The van der Waals surface area contributed by atoms with Gasteiger partial charge in [-0.1, -0.05) is 42.5 Å². The predicted molar refractivity (Wildman–Crippen MR) is 84.6 cm³/mol. The molecule has 0 aliphatic rings. The second-order valence-corrected chi connectivity index (χ2v) is 5.06. The highest BCUT2D eigenvalue weighted by Crippen LogP contribution is 2.20. The fourth-order valence-electron chi connectivity index (χ4n) is 1.97. The molecule has 0 aliphatic heterocycles. The molecule has 0 spiro atoms. The van der Waals surface area contributed by atoms with Crippen LogP contribution in [0.3, 0.4) is 0 Å². The first-order valence-electron chi connectivity index (χ1n) is 7.43. The Morgan fingerprint density at radius 1 is 1.04 bits per heavy atom. The largest absolute Gasteiger partial charge is 0.445 e. The molecule has 0 aromatic heterocycles. The van der Waals surface area contributed by atoms with Crippen LogP contribution in [0, 0.1) is 23.3 Å². The average Bonchev–Trinajstić information content (AvgIpc) is 2.61. The molecule has 2 aromatic rings. The van der Waals surface area contributed by atoms with Crippen LogP contribution < -0.4 is 5.32 Å². The van der Waals surface area contributed by atoms with Crippen molar-refractivity contribution in [3.63, 3.8) is 0 Å². The van der Waals surface area contributed by atoms with Gasteiger partial charge in [0, 0.05) is 12.6 Å². The molecular weight excluding hydrogens is 338 g/mol. The Hall–Kier alpha value is -2.83. The van der Waals surface area contributed by atoms with Crippen molar-refractivity contribution in [1.82, 2.24) is 5.32 Å². The molecule has 2 aromatic carbocycles. The predicted octanol–water partition coefficient (Wildman–Crippen LogP) is 4.57. The van der Waals surface area contributed by atoms with Crippen molar-refractivity contribution in [3.8, 4) is 0 Å². The van der Waals surface area contributed by atoms with Crippen molar-refractivity contribution < 1.29 is 27.1 Å². The molecule has 0 saturated heterocycles. The van der Waals surface area contributed by atoms with E-state index in [0.29, 0.717) is 0 Å². The van der Waals surface area contributed by atoms with Crippen LogP contribution in [-0.4, -0.2) is 12.6 Å². The van der Waals surface area contributed by atoms with Gasteiger partial charge in [0.2, 0.25) is 0 Å². The monoisotopic (exact) mass is 353 g/mol. The molecule has 25 heavy (non-hydrogen) atoms. The van der Waals surface area contributed by atoms with E-state index < -0.39 is 34.9 Å². The summed E-state index contributed by atoms with van der Waals surface area (Å²) in [5.41, 5.74) is 0.0285. The summed E-state index contributed by atoms with van der Waals surface area (Å²) in [6.07, 6.45) is 1.76. The first-order valence-corrected chi connectivity index (χ1v) is 7.43. The lowest BCUT2D eigenvalue weighted by Crippen LogP contribution is -2.24. The molecule has 0 heterocycles. The number of carbonyl (C=O) groups is 1.